The number of aryl methyl sites for hydroxylation is 1. The van der Waals surface area contributed by atoms with Gasteiger partial charge in [-0.15, -0.1) is 0 Å². The van der Waals surface area contributed by atoms with Gasteiger partial charge in [-0.3, -0.25) is 5.32 Å². The highest BCUT2D eigenvalue weighted by atomic mass is 32.1. The number of nitrogens with one attached hydrogen (secondary N) is 3. The maximum atomic E-state index is 13.0. The van der Waals surface area contributed by atoms with Crippen molar-refractivity contribution in [2.24, 2.45) is 5.92 Å². The van der Waals surface area contributed by atoms with Gasteiger partial charge in [0.15, 0.2) is 0 Å². The molecule has 2 fully saturated rings. The van der Waals surface area contributed by atoms with E-state index >= 15 is 0 Å². The molecule has 0 unspecified atom stereocenters. The van der Waals surface area contributed by atoms with Gasteiger partial charge >= 0.3 is 12.1 Å². The third kappa shape index (κ3) is 6.62. The predicted octanol–water partition coefficient (Wildman–Crippen LogP) is 8.20. The molecule has 3 N–H and O–H groups in total. The zero-order valence-electron chi connectivity index (χ0n) is 25.3. The van der Waals surface area contributed by atoms with Gasteiger partial charge in [0.05, 0.1) is 17.1 Å². The number of nitrogens with zero attached hydrogens (tertiary/aromatic N) is 3. The summed E-state index contributed by atoms with van der Waals surface area (Å²) in [7, 11) is 0. The summed E-state index contributed by atoms with van der Waals surface area (Å²) in [5, 5.41) is 17.8. The minimum absolute atomic E-state index is 0.0367. The average Bonchev–Trinajstić information content (AvgIpc) is 3.69. The van der Waals surface area contributed by atoms with E-state index in [1.807, 2.05) is 66.2 Å². The number of carbonyl (C=O) groups is 2. The molecule has 4 aromatic rings. The summed E-state index contributed by atoms with van der Waals surface area (Å²) in [6.07, 6.45) is 5.19. The number of carbonyl (C=O) groups excluding carboxylic acids is 2. The number of fused-ring (bicyclic) bond motifs is 2. The largest absolute Gasteiger partial charge is 0.324 e. The van der Waals surface area contributed by atoms with Gasteiger partial charge in [-0.25, -0.2) is 14.3 Å². The lowest BCUT2D eigenvalue weighted by Crippen LogP contribution is -2.48. The first-order valence-corrected chi connectivity index (χ1v) is 16.0. The lowest BCUT2D eigenvalue weighted by Gasteiger charge is -2.39. The number of benzene rings is 2. The van der Waals surface area contributed by atoms with Crippen LogP contribution < -0.4 is 16.0 Å². The van der Waals surface area contributed by atoms with Gasteiger partial charge in [0.25, 0.3) is 0 Å². The van der Waals surface area contributed by atoms with Crippen LogP contribution in [0, 0.1) is 12.8 Å². The monoisotopic (exact) mass is 596 g/mol. The number of anilines is 3. The minimum atomic E-state index is -0.314. The van der Waals surface area contributed by atoms with Crippen LogP contribution in [0.5, 0.6) is 0 Å². The van der Waals surface area contributed by atoms with Crippen LogP contribution in [0.15, 0.2) is 71.4 Å². The molecule has 2 aliphatic rings. The van der Waals surface area contributed by atoms with Crippen LogP contribution in [0.1, 0.15) is 63.3 Å². The second-order valence-electron chi connectivity index (χ2n) is 13.0. The number of piperidine rings is 1. The molecule has 6 rings (SSSR count). The Kier molecular flexibility index (Phi) is 8.01. The number of hydrogen-bond acceptors (Lipinski definition) is 4. The van der Waals surface area contributed by atoms with Crippen molar-refractivity contribution in [1.82, 2.24) is 14.7 Å². The van der Waals surface area contributed by atoms with Crippen LogP contribution in [-0.4, -0.2) is 38.8 Å². The third-order valence-corrected chi connectivity index (χ3v) is 9.26. The Morgan fingerprint density at radius 1 is 0.907 bits per heavy atom. The SMILES string of the molecule is Cc1ccc(-n2nc(C(C)(C)C)cc2NC(=O)Nc2ccc(C[C@@H]3C[C@H]4CC[C@@H](C3)N4C(=O)Nc3ccsc3)cc2)cc1. The molecule has 3 atom stereocenters. The third-order valence-electron chi connectivity index (χ3n) is 8.57. The molecule has 224 valence electrons. The fourth-order valence-corrected chi connectivity index (χ4v) is 6.96. The predicted molar refractivity (Wildman–Crippen MR) is 174 cm³/mol. The molecular formula is C34H40N6O2S. The van der Waals surface area contributed by atoms with Gasteiger partial charge in [-0.1, -0.05) is 50.6 Å². The van der Waals surface area contributed by atoms with Crippen LogP contribution in [0.2, 0.25) is 0 Å². The first-order chi connectivity index (χ1) is 20.6. The number of aromatic nitrogens is 2. The smallest absolute Gasteiger partial charge is 0.319 e. The topological polar surface area (TPSA) is 91.3 Å². The Balaban J connectivity index is 1.06. The number of urea groups is 2. The minimum Gasteiger partial charge on any atom is -0.319 e. The van der Waals surface area contributed by atoms with Crippen molar-refractivity contribution in [3.63, 3.8) is 0 Å². The first kappa shape index (κ1) is 29.0. The lowest BCUT2D eigenvalue weighted by molar-refractivity contribution is 0.131. The number of thiophene rings is 1. The zero-order chi connectivity index (χ0) is 30.1. The van der Waals surface area contributed by atoms with E-state index in [1.54, 1.807) is 16.0 Å². The summed E-state index contributed by atoms with van der Waals surface area (Å²) in [4.78, 5) is 28.1. The van der Waals surface area contributed by atoms with Crippen LogP contribution in [0.3, 0.4) is 0 Å². The number of hydrogen-bond donors (Lipinski definition) is 3. The van der Waals surface area contributed by atoms with Crippen molar-refractivity contribution in [2.45, 2.75) is 77.3 Å². The van der Waals surface area contributed by atoms with Crippen LogP contribution in [-0.2, 0) is 11.8 Å². The molecular weight excluding hydrogens is 556 g/mol. The Bertz CT molecular complexity index is 1560. The van der Waals surface area contributed by atoms with Crippen LogP contribution in [0.4, 0.5) is 26.8 Å². The van der Waals surface area contributed by atoms with E-state index in [0.29, 0.717) is 23.8 Å². The summed E-state index contributed by atoms with van der Waals surface area (Å²) in [6.45, 7) is 8.37. The quantitative estimate of drug-likeness (QED) is 0.210. The molecule has 9 heteroatoms. The van der Waals surface area contributed by atoms with Crippen molar-refractivity contribution in [3.05, 3.63) is 88.2 Å². The van der Waals surface area contributed by atoms with E-state index in [0.717, 1.165) is 60.4 Å². The van der Waals surface area contributed by atoms with Gasteiger partial charge < -0.3 is 15.5 Å². The van der Waals surface area contributed by atoms with E-state index < -0.39 is 0 Å². The van der Waals surface area contributed by atoms with Crippen molar-refractivity contribution in [3.8, 4) is 5.69 Å². The molecule has 2 aromatic heterocycles. The fraction of sp³-hybridized carbons (Fsp3) is 0.382. The van der Waals surface area contributed by atoms with E-state index in [9.17, 15) is 9.59 Å². The number of amides is 4. The molecule has 0 saturated carbocycles. The van der Waals surface area contributed by atoms with E-state index in [2.05, 4.69) is 53.8 Å². The summed E-state index contributed by atoms with van der Waals surface area (Å²) in [5.74, 6) is 1.16. The van der Waals surface area contributed by atoms with Gasteiger partial charge in [0.2, 0.25) is 0 Å². The van der Waals surface area contributed by atoms with Gasteiger partial charge in [-0.05, 0) is 86.2 Å². The van der Waals surface area contributed by atoms with Crippen molar-refractivity contribution >= 4 is 40.6 Å². The second kappa shape index (κ2) is 11.9. The molecule has 2 aromatic carbocycles. The Morgan fingerprint density at radius 3 is 2.23 bits per heavy atom. The summed E-state index contributed by atoms with van der Waals surface area (Å²) < 4.78 is 1.78. The molecule has 0 spiro atoms. The lowest BCUT2D eigenvalue weighted by atomic mass is 9.86. The second-order valence-corrected chi connectivity index (χ2v) is 13.7. The van der Waals surface area contributed by atoms with E-state index in [1.165, 1.54) is 5.56 Å². The molecule has 43 heavy (non-hydrogen) atoms. The molecule has 2 bridgehead atoms. The Morgan fingerprint density at radius 2 is 1.60 bits per heavy atom. The normalized spacial score (nSPS) is 19.7. The molecule has 2 saturated heterocycles. The van der Waals surface area contributed by atoms with Gasteiger partial charge in [-0.2, -0.15) is 16.4 Å². The highest BCUT2D eigenvalue weighted by molar-refractivity contribution is 7.08. The maximum absolute atomic E-state index is 13.0. The van der Waals surface area contributed by atoms with Crippen LogP contribution in [0.25, 0.3) is 5.69 Å². The van der Waals surface area contributed by atoms with Gasteiger partial charge in [0, 0.05) is 34.6 Å². The molecule has 4 heterocycles. The van der Waals surface area contributed by atoms with E-state index in [4.69, 9.17) is 5.10 Å². The van der Waals surface area contributed by atoms with Crippen molar-refractivity contribution in [2.75, 3.05) is 16.0 Å². The summed E-state index contributed by atoms with van der Waals surface area (Å²) in [5.41, 5.74) is 5.66. The molecule has 4 amide bonds. The fourth-order valence-electron chi connectivity index (χ4n) is 6.37. The molecule has 8 nitrogen and oxygen atoms in total. The van der Waals surface area contributed by atoms with Crippen LogP contribution >= 0.6 is 11.3 Å². The Labute approximate surface area is 257 Å². The Hall–Kier alpha value is -4.11. The van der Waals surface area contributed by atoms with Crippen molar-refractivity contribution in [1.29, 1.82) is 0 Å². The maximum Gasteiger partial charge on any atom is 0.324 e. The average molecular weight is 597 g/mol. The standard InChI is InChI=1S/C34H40N6O2S/c1-22-5-11-27(12-6-22)40-31(20-30(38-40)34(2,3)4)37-32(41)35-25-9-7-23(8-10-25)17-24-18-28-13-14-29(19-24)39(28)33(42)36-26-15-16-43-21-26/h5-12,15-16,20-21,24,28-29H,13-14,17-19H2,1-4H3,(H,36,42)(H2,35,37,41)/t24-,28-,29+. The highest BCUT2D eigenvalue weighted by Gasteiger charge is 2.43. The summed E-state index contributed by atoms with van der Waals surface area (Å²) >= 11 is 1.59. The summed E-state index contributed by atoms with van der Waals surface area (Å²) in [6, 6.07) is 20.4. The molecule has 0 aliphatic carbocycles. The van der Waals surface area contributed by atoms with E-state index in [-0.39, 0.29) is 17.5 Å². The number of rotatable bonds is 6. The van der Waals surface area contributed by atoms with Crippen molar-refractivity contribution < 1.29 is 9.59 Å². The van der Waals surface area contributed by atoms with Gasteiger partial charge in [0.1, 0.15) is 5.82 Å². The highest BCUT2D eigenvalue weighted by Crippen LogP contribution is 2.40. The first-order valence-electron chi connectivity index (χ1n) is 15.1. The molecule has 0 radical (unpaired) electrons. The zero-order valence-corrected chi connectivity index (χ0v) is 26.1. The molecule has 2 aliphatic heterocycles.